The number of carbonyl (C=O) groups excluding carboxylic acids is 1. The molecule has 0 bridgehead atoms. The van der Waals surface area contributed by atoms with Gasteiger partial charge in [-0.15, -0.1) is 0 Å². The van der Waals surface area contributed by atoms with Gasteiger partial charge in [-0.1, -0.05) is 24.3 Å². The second kappa shape index (κ2) is 7.66. The van der Waals surface area contributed by atoms with Crippen LogP contribution in [0.3, 0.4) is 0 Å². The summed E-state index contributed by atoms with van der Waals surface area (Å²) in [7, 11) is 1.67. The summed E-state index contributed by atoms with van der Waals surface area (Å²) in [5.41, 5.74) is 2.93. The van der Waals surface area contributed by atoms with Crippen molar-refractivity contribution in [1.29, 1.82) is 0 Å². The molecule has 0 radical (unpaired) electrons. The zero-order valence-electron chi connectivity index (χ0n) is 15.4. The lowest BCUT2D eigenvalue weighted by atomic mass is 10.0. The van der Waals surface area contributed by atoms with Gasteiger partial charge in [-0.25, -0.2) is 0 Å². The molecule has 1 aliphatic rings. The molecule has 4 rings (SSSR count). The molecule has 0 spiro atoms. The SMILES string of the molecule is COc1cccc([C@H]2CCCN2C(=O)c2cccc(Cn3cccn3)c2)c1. The van der Waals surface area contributed by atoms with Crippen molar-refractivity contribution in [2.75, 3.05) is 13.7 Å². The minimum Gasteiger partial charge on any atom is -0.497 e. The number of hydrogen-bond acceptors (Lipinski definition) is 3. The lowest BCUT2D eigenvalue weighted by Gasteiger charge is -2.25. The van der Waals surface area contributed by atoms with E-state index in [1.165, 1.54) is 0 Å². The third-order valence-electron chi connectivity index (χ3n) is 5.07. The Kier molecular flexibility index (Phi) is 4.92. The Bertz CT molecular complexity index is 921. The summed E-state index contributed by atoms with van der Waals surface area (Å²) in [4.78, 5) is 15.2. The molecule has 1 aliphatic heterocycles. The van der Waals surface area contributed by atoms with Gasteiger partial charge in [-0.2, -0.15) is 5.10 Å². The van der Waals surface area contributed by atoms with Crippen molar-refractivity contribution >= 4 is 5.91 Å². The van der Waals surface area contributed by atoms with Crippen molar-refractivity contribution in [3.63, 3.8) is 0 Å². The number of benzene rings is 2. The summed E-state index contributed by atoms with van der Waals surface area (Å²) in [6.07, 6.45) is 5.68. The highest BCUT2D eigenvalue weighted by Crippen LogP contribution is 2.34. The van der Waals surface area contributed by atoms with Crippen LogP contribution in [-0.2, 0) is 6.54 Å². The molecule has 1 atom stereocenters. The van der Waals surface area contributed by atoms with Gasteiger partial charge in [0.2, 0.25) is 0 Å². The number of likely N-dealkylation sites (tertiary alicyclic amines) is 1. The number of amides is 1. The number of rotatable bonds is 5. The zero-order valence-corrected chi connectivity index (χ0v) is 15.4. The Morgan fingerprint density at radius 3 is 2.89 bits per heavy atom. The second-order valence-corrected chi connectivity index (χ2v) is 6.84. The van der Waals surface area contributed by atoms with Gasteiger partial charge in [-0.05, 0) is 54.3 Å². The maximum atomic E-state index is 13.2. The van der Waals surface area contributed by atoms with Crippen LogP contribution in [0, 0.1) is 0 Å². The third-order valence-corrected chi connectivity index (χ3v) is 5.07. The Balaban J connectivity index is 1.56. The van der Waals surface area contributed by atoms with E-state index in [0.717, 1.165) is 41.8 Å². The van der Waals surface area contributed by atoms with Gasteiger partial charge < -0.3 is 9.64 Å². The standard InChI is InChI=1S/C22H23N3O2/c1-27-20-9-3-7-18(15-20)21-10-4-13-25(21)22(26)19-8-2-6-17(14-19)16-24-12-5-11-23-24/h2-3,5-9,11-12,14-15,21H,4,10,13,16H2,1H3/t21-/m1/s1. The average Bonchev–Trinajstić information content (AvgIpc) is 3.39. The number of nitrogens with zero attached hydrogens (tertiary/aromatic N) is 3. The number of hydrogen-bond donors (Lipinski definition) is 0. The quantitative estimate of drug-likeness (QED) is 0.692. The highest BCUT2D eigenvalue weighted by atomic mass is 16.5. The molecule has 5 heteroatoms. The molecular formula is C22H23N3O2. The first-order chi connectivity index (χ1) is 13.2. The fraction of sp³-hybridized carbons (Fsp3) is 0.273. The third kappa shape index (κ3) is 3.72. The molecular weight excluding hydrogens is 338 g/mol. The van der Waals surface area contributed by atoms with E-state index in [9.17, 15) is 4.79 Å². The van der Waals surface area contributed by atoms with E-state index in [1.54, 1.807) is 13.3 Å². The Labute approximate surface area is 159 Å². The van der Waals surface area contributed by atoms with Crippen LogP contribution in [0.5, 0.6) is 5.75 Å². The first-order valence-corrected chi connectivity index (χ1v) is 9.26. The highest BCUT2D eigenvalue weighted by Gasteiger charge is 2.30. The predicted molar refractivity (Wildman–Crippen MR) is 104 cm³/mol. The van der Waals surface area contributed by atoms with Crippen LogP contribution < -0.4 is 4.74 Å². The topological polar surface area (TPSA) is 47.4 Å². The van der Waals surface area contributed by atoms with E-state index in [1.807, 2.05) is 64.3 Å². The van der Waals surface area contributed by atoms with E-state index >= 15 is 0 Å². The van der Waals surface area contributed by atoms with Crippen molar-refractivity contribution in [3.05, 3.63) is 83.7 Å². The summed E-state index contributed by atoms with van der Waals surface area (Å²) in [5.74, 6) is 0.913. The van der Waals surface area contributed by atoms with Crippen LogP contribution in [0.2, 0.25) is 0 Å². The minimum absolute atomic E-state index is 0.0858. The van der Waals surface area contributed by atoms with Crippen LogP contribution in [0.15, 0.2) is 67.0 Å². The molecule has 1 aromatic heterocycles. The number of aromatic nitrogens is 2. The Morgan fingerprint density at radius 2 is 2.07 bits per heavy atom. The molecule has 1 amide bonds. The van der Waals surface area contributed by atoms with Crippen LogP contribution in [0.1, 0.15) is 40.4 Å². The average molecular weight is 361 g/mol. The van der Waals surface area contributed by atoms with Crippen LogP contribution in [-0.4, -0.2) is 34.2 Å². The lowest BCUT2D eigenvalue weighted by molar-refractivity contribution is 0.0735. The molecule has 5 nitrogen and oxygen atoms in total. The van der Waals surface area contributed by atoms with Gasteiger partial charge >= 0.3 is 0 Å². The van der Waals surface area contributed by atoms with Crippen molar-refractivity contribution in [1.82, 2.24) is 14.7 Å². The largest absolute Gasteiger partial charge is 0.497 e. The van der Waals surface area contributed by atoms with Gasteiger partial charge in [0.05, 0.1) is 19.7 Å². The van der Waals surface area contributed by atoms with Crippen LogP contribution in [0.25, 0.3) is 0 Å². The molecule has 27 heavy (non-hydrogen) atoms. The number of methoxy groups -OCH3 is 1. The Morgan fingerprint density at radius 1 is 1.19 bits per heavy atom. The van der Waals surface area contributed by atoms with Gasteiger partial charge in [0.25, 0.3) is 5.91 Å². The summed E-state index contributed by atoms with van der Waals surface area (Å²) in [6.45, 7) is 1.44. The van der Waals surface area contributed by atoms with Crippen molar-refractivity contribution < 1.29 is 9.53 Å². The van der Waals surface area contributed by atoms with Crippen molar-refractivity contribution in [3.8, 4) is 5.75 Å². The molecule has 2 aromatic carbocycles. The summed E-state index contributed by atoms with van der Waals surface area (Å²) < 4.78 is 7.21. The molecule has 0 unspecified atom stereocenters. The predicted octanol–water partition coefficient (Wildman–Crippen LogP) is 3.92. The molecule has 2 heterocycles. The first-order valence-electron chi connectivity index (χ1n) is 9.26. The molecule has 3 aromatic rings. The summed E-state index contributed by atoms with van der Waals surface area (Å²) in [6, 6.07) is 17.9. The lowest BCUT2D eigenvalue weighted by Crippen LogP contribution is -2.30. The van der Waals surface area contributed by atoms with Gasteiger partial charge in [0.15, 0.2) is 0 Å². The van der Waals surface area contributed by atoms with E-state index in [-0.39, 0.29) is 11.9 Å². The Hall–Kier alpha value is -3.08. The molecule has 1 saturated heterocycles. The number of ether oxygens (including phenoxy) is 1. The van der Waals surface area contributed by atoms with E-state index < -0.39 is 0 Å². The summed E-state index contributed by atoms with van der Waals surface area (Å²) in [5, 5.41) is 4.24. The van der Waals surface area contributed by atoms with Gasteiger partial charge in [-0.3, -0.25) is 9.48 Å². The normalized spacial score (nSPS) is 16.5. The van der Waals surface area contributed by atoms with Gasteiger partial charge in [0, 0.05) is 24.5 Å². The second-order valence-electron chi connectivity index (χ2n) is 6.84. The van der Waals surface area contributed by atoms with Crippen molar-refractivity contribution in [2.45, 2.75) is 25.4 Å². The fourth-order valence-corrected chi connectivity index (χ4v) is 3.75. The van der Waals surface area contributed by atoms with E-state index in [0.29, 0.717) is 6.54 Å². The fourth-order valence-electron chi connectivity index (χ4n) is 3.75. The zero-order chi connectivity index (χ0) is 18.6. The van der Waals surface area contributed by atoms with E-state index in [2.05, 4.69) is 11.2 Å². The van der Waals surface area contributed by atoms with Crippen molar-refractivity contribution in [2.24, 2.45) is 0 Å². The molecule has 0 aliphatic carbocycles. The minimum atomic E-state index is 0.0858. The van der Waals surface area contributed by atoms with Gasteiger partial charge in [0.1, 0.15) is 5.75 Å². The van der Waals surface area contributed by atoms with Crippen LogP contribution >= 0.6 is 0 Å². The highest BCUT2D eigenvalue weighted by molar-refractivity contribution is 5.94. The monoisotopic (exact) mass is 361 g/mol. The molecule has 1 fully saturated rings. The van der Waals surface area contributed by atoms with Crippen LogP contribution in [0.4, 0.5) is 0 Å². The molecule has 0 saturated carbocycles. The smallest absolute Gasteiger partial charge is 0.254 e. The van der Waals surface area contributed by atoms with E-state index in [4.69, 9.17) is 4.74 Å². The number of carbonyl (C=O) groups is 1. The summed E-state index contributed by atoms with van der Waals surface area (Å²) >= 11 is 0. The molecule has 0 N–H and O–H groups in total. The maximum absolute atomic E-state index is 13.2. The maximum Gasteiger partial charge on any atom is 0.254 e. The first kappa shape index (κ1) is 17.3. The molecule has 138 valence electrons.